The number of amides is 6. The summed E-state index contributed by atoms with van der Waals surface area (Å²) in [6.45, 7) is 15.9. The van der Waals surface area contributed by atoms with Gasteiger partial charge in [-0.1, -0.05) is 125 Å². The highest BCUT2D eigenvalue weighted by Gasteiger charge is 2.51. The quantitative estimate of drug-likeness (QED) is 0.0126. The number of benzene rings is 9. The normalized spacial score (nSPS) is 18.2. The van der Waals surface area contributed by atoms with E-state index in [1.807, 2.05) is 170 Å². The number of Topliss-reactive ketones (excluding diaryl/α,β-unsaturated/α-hetero) is 2. The molecule has 18 rings (SSSR count). The number of nitrogens with zero attached hydrogens (tertiary/aromatic N) is 8. The van der Waals surface area contributed by atoms with Crippen molar-refractivity contribution in [3.8, 4) is 34.3 Å². The van der Waals surface area contributed by atoms with E-state index in [1.165, 1.54) is 33.8 Å². The third-order valence-corrected chi connectivity index (χ3v) is 27.5. The van der Waals surface area contributed by atoms with Crippen molar-refractivity contribution in [3.63, 3.8) is 0 Å². The zero-order chi connectivity index (χ0) is 98.9. The number of nitro benzene ring substituents is 1. The summed E-state index contributed by atoms with van der Waals surface area (Å²) in [6, 6.07) is 66.8. The lowest BCUT2D eigenvalue weighted by Crippen LogP contribution is -2.49. The molecule has 6 atom stereocenters. The molecule has 5 fully saturated rings. The molecule has 32 nitrogen and oxygen atoms in total. The van der Waals surface area contributed by atoms with Crippen molar-refractivity contribution in [2.45, 2.75) is 104 Å². The zero-order valence-electron chi connectivity index (χ0n) is 79.4. The Morgan fingerprint density at radius 1 is 0.676 bits per heavy atom. The van der Waals surface area contributed by atoms with Crippen molar-refractivity contribution < 1.29 is 89.5 Å². The number of hydrogen-bond acceptors (Lipinski definition) is 25. The fourth-order valence-corrected chi connectivity index (χ4v) is 19.1. The first-order valence-corrected chi connectivity index (χ1v) is 49.2. The molecular weight excluding hydrogens is 1810 g/mol. The van der Waals surface area contributed by atoms with Gasteiger partial charge in [0.05, 0.1) is 56.3 Å². The van der Waals surface area contributed by atoms with Crippen molar-refractivity contribution in [2.24, 2.45) is 23.7 Å². The molecule has 2 aliphatic carbocycles. The molecule has 6 amide bonds. The Morgan fingerprint density at radius 3 is 1.96 bits per heavy atom. The molecule has 2 aromatic heterocycles. The fraction of sp³-hybridized carbons (Fsp3) is 0.352. The molecular formula is C105H118N12O20S2. The number of methoxy groups -OCH3 is 3. The van der Waals surface area contributed by atoms with Crippen LogP contribution >= 0.6 is 11.8 Å². The SMILES string of the molecule is CC1(C)Cc2c(ccc3ccccc23)C(=O)N1.CCS(=O)(=O)N1CCN(c2ccc([N+](=O)[O-])c(NCC3CCCO3)c2)CC1.COc1cc(CC(=O)C2C3C=CC(C3)C2C(=O)O)ccc1NC(=O)c1ccccc1.COc1ccc(-c2cc(COc3ccccc3)on2)cc1.COc1ccc(N2CCN(C(=O)c3cc(C)on3)CC2)cc1.CSCCC1NC(=O)N(CC(=O)Cc2ccc(C)cc2)C1=O. The number of imide groups is 1. The van der Waals surface area contributed by atoms with E-state index < -0.39 is 44.8 Å². The number of sulfonamides is 1. The number of hydrogen-bond donors (Lipinski definition) is 5. The molecule has 9 aromatic carbocycles. The Morgan fingerprint density at radius 2 is 1.32 bits per heavy atom. The number of aromatic nitrogens is 2. The number of allylic oxidation sites excluding steroid dienone is 2. The average Bonchev–Trinajstić information content (AvgIpc) is 1.75. The molecule has 0 radical (unpaired) electrons. The largest absolute Gasteiger partial charge is 0.497 e. The molecule has 7 heterocycles. The Hall–Kier alpha value is -14.2. The highest BCUT2D eigenvalue weighted by atomic mass is 32.2. The minimum absolute atomic E-state index is 0.00919. The molecule has 5 N–H and O–H groups in total. The third-order valence-electron chi connectivity index (χ3n) is 25.0. The van der Waals surface area contributed by atoms with Crippen LogP contribution < -0.4 is 50.0 Å². The van der Waals surface area contributed by atoms with Crippen LogP contribution in [-0.2, 0) is 59.8 Å². The number of anilines is 4. The van der Waals surface area contributed by atoms with E-state index >= 15 is 0 Å². The number of nitrogens with one attached hydrogen (secondary N) is 4. The van der Waals surface area contributed by atoms with Gasteiger partial charge in [0, 0.05) is 136 Å². The number of ketones is 2. The molecule has 6 unspecified atom stereocenters. The second-order valence-electron chi connectivity index (χ2n) is 35.1. The smallest absolute Gasteiger partial charge is 0.325 e. The molecule has 7 aliphatic rings. The van der Waals surface area contributed by atoms with Gasteiger partial charge in [-0.3, -0.25) is 48.6 Å². The first kappa shape index (κ1) is 102. The van der Waals surface area contributed by atoms with E-state index in [9.17, 15) is 62.0 Å². The number of carbonyl (C=O) groups excluding carboxylic acids is 7. The van der Waals surface area contributed by atoms with Crippen LogP contribution in [0.25, 0.3) is 22.0 Å². The predicted octanol–water partition coefficient (Wildman–Crippen LogP) is 15.8. The lowest BCUT2D eigenvalue weighted by Gasteiger charge is -2.35. The topological polar surface area (TPSA) is 397 Å². The van der Waals surface area contributed by atoms with Crippen LogP contribution in [0.1, 0.15) is 111 Å². The standard InChI is InChI=1S/C24H23NO5.C17H26N4O5S.C17H15NO3.C16H19N3O3.C16H20N2O3S.C15H15NO/c1-30-20-12-14(7-10-18(20)25-23(27)15-5-3-2-4-6-15)11-19(26)21-16-8-9-17(13-16)22(21)24(28)29;1-2-27(24,25)20-9-7-19(8-10-20)14-5-6-17(21(22)23)16(12-14)18-13-15-4-3-11-26-15;1-19-14-9-7-13(8-10-14)17-11-16(21-18-17)12-20-15-5-3-2-4-6-15;1-12-11-15(17-22-12)16(20)19-9-7-18(8-10-19)13-3-5-14(21-2)6-4-13;1-11-3-5-12(6-4-11)9-13(19)10-18-15(20)14(7-8-22-2)17-16(18)21;1-15(2)9-13-11-6-4-3-5-10(11)7-8-12(13)14(17)16-15/h2-10,12,16-17,21-22H,11,13H2,1H3,(H,25,27)(H,28,29);5-6,12,15,18H,2-4,7-11,13H2,1H3;2-11H,12H2,1H3;3-6,11H,7-10H2,1-2H3;3-6,14H,7-10H2,1-2H3,(H,17,21);3-8H,9H2,1-2H3,(H,16,17). The maximum atomic E-state index is 13.0. The average molecular weight is 1930 g/mol. The van der Waals surface area contributed by atoms with Crippen molar-refractivity contribution in [1.82, 2.24) is 35.1 Å². The lowest BCUT2D eigenvalue weighted by molar-refractivity contribution is -0.384. The molecule has 4 saturated heterocycles. The number of nitro groups is 1. The van der Waals surface area contributed by atoms with Gasteiger partial charge < -0.3 is 73.8 Å². The molecule has 139 heavy (non-hydrogen) atoms. The number of ether oxygens (including phenoxy) is 5. The van der Waals surface area contributed by atoms with Gasteiger partial charge in [-0.2, -0.15) is 16.1 Å². The number of urea groups is 1. The number of aryl methyl sites for hydroxylation is 2. The van der Waals surface area contributed by atoms with Crippen molar-refractivity contribution in [1.29, 1.82) is 0 Å². The van der Waals surface area contributed by atoms with Gasteiger partial charge >= 0.3 is 12.0 Å². The van der Waals surface area contributed by atoms with Gasteiger partial charge in [0.2, 0.25) is 10.0 Å². The molecule has 730 valence electrons. The molecule has 1 saturated carbocycles. The van der Waals surface area contributed by atoms with E-state index in [2.05, 4.69) is 67.4 Å². The van der Waals surface area contributed by atoms with Gasteiger partial charge in [-0.05, 0) is 221 Å². The van der Waals surface area contributed by atoms with E-state index in [-0.39, 0.29) is 89.5 Å². The van der Waals surface area contributed by atoms with Crippen molar-refractivity contribution in [3.05, 3.63) is 291 Å². The van der Waals surface area contributed by atoms with E-state index in [4.69, 9.17) is 32.7 Å². The summed E-state index contributed by atoms with van der Waals surface area (Å²) in [7, 11) is 1.62. The number of fused-ring (bicyclic) bond motifs is 5. The summed E-state index contributed by atoms with van der Waals surface area (Å²) in [5, 5.41) is 42.8. The van der Waals surface area contributed by atoms with Gasteiger partial charge in [0.1, 0.15) is 58.6 Å². The van der Waals surface area contributed by atoms with E-state index in [0.717, 1.165) is 118 Å². The second kappa shape index (κ2) is 48.2. The highest BCUT2D eigenvalue weighted by Crippen LogP contribution is 2.49. The summed E-state index contributed by atoms with van der Waals surface area (Å²) in [5.74, 6) is 2.30. The van der Waals surface area contributed by atoms with Crippen molar-refractivity contribution >= 4 is 108 Å². The minimum atomic E-state index is -3.18. The number of para-hydroxylation sites is 1. The van der Waals surface area contributed by atoms with Crippen molar-refractivity contribution in [2.75, 3.05) is 132 Å². The fourth-order valence-electron chi connectivity index (χ4n) is 17.6. The lowest BCUT2D eigenvalue weighted by atomic mass is 9.79. The van der Waals surface area contributed by atoms with Gasteiger partial charge in [0.15, 0.2) is 17.2 Å². The summed E-state index contributed by atoms with van der Waals surface area (Å²) in [6.07, 6.45) is 10.5. The molecule has 2 bridgehead atoms. The first-order chi connectivity index (χ1) is 67.0. The maximum absolute atomic E-state index is 13.0. The third kappa shape index (κ3) is 27.4. The molecule has 34 heteroatoms. The van der Waals surface area contributed by atoms with E-state index in [1.54, 1.807) is 100 Å². The Kier molecular flexibility index (Phi) is 35.4. The first-order valence-electron chi connectivity index (χ1n) is 46.2. The van der Waals surface area contributed by atoms with Crippen LogP contribution in [0, 0.1) is 47.6 Å². The van der Waals surface area contributed by atoms with E-state index in [0.29, 0.717) is 98.7 Å². The van der Waals surface area contributed by atoms with Crippen LogP contribution in [0.15, 0.2) is 240 Å². The predicted molar refractivity (Wildman–Crippen MR) is 533 cm³/mol. The molecule has 0 spiro atoms. The highest BCUT2D eigenvalue weighted by molar-refractivity contribution is 7.98. The number of carboxylic acid groups (broad SMARTS) is 1. The number of rotatable bonds is 29. The van der Waals surface area contributed by atoms with Crippen LogP contribution in [0.2, 0.25) is 0 Å². The number of carboxylic acids is 1. The number of aliphatic carboxylic acids is 1. The number of piperazine rings is 2. The maximum Gasteiger partial charge on any atom is 0.325 e. The Labute approximate surface area is 812 Å². The number of carbonyl (C=O) groups is 8. The summed E-state index contributed by atoms with van der Waals surface area (Å²) in [5.41, 5.74) is 10.3. The van der Waals surface area contributed by atoms with Gasteiger partial charge in [-0.15, -0.1) is 0 Å². The zero-order valence-corrected chi connectivity index (χ0v) is 81.0. The molecule has 5 aliphatic heterocycles. The van der Waals surface area contributed by atoms with Crippen LogP contribution in [0.4, 0.5) is 33.2 Å². The monoisotopic (exact) mass is 1930 g/mol. The van der Waals surface area contributed by atoms with Crippen LogP contribution in [0.3, 0.4) is 0 Å². The summed E-state index contributed by atoms with van der Waals surface area (Å²) >= 11 is 1.62. The van der Waals surface area contributed by atoms with Crippen LogP contribution in [0.5, 0.6) is 23.0 Å². The van der Waals surface area contributed by atoms with Gasteiger partial charge in [0.25, 0.3) is 29.3 Å². The van der Waals surface area contributed by atoms with Gasteiger partial charge in [-0.25, -0.2) is 13.2 Å². The number of thioether (sulfide) groups is 1. The van der Waals surface area contributed by atoms with Crippen LogP contribution in [-0.4, -0.2) is 219 Å². The Bertz CT molecular complexity index is 6240. The minimum Gasteiger partial charge on any atom is -0.497 e. The second-order valence-corrected chi connectivity index (χ2v) is 38.4. The summed E-state index contributed by atoms with van der Waals surface area (Å²) < 4.78 is 62.7. The molecule has 11 aromatic rings. The summed E-state index contributed by atoms with van der Waals surface area (Å²) in [4.78, 5) is 116. The Balaban J connectivity index is 0.000000142.